The zero-order valence-electron chi connectivity index (χ0n) is 16.5. The molecule has 0 aromatic heterocycles. The van der Waals surface area contributed by atoms with Crippen LogP contribution < -0.4 is 10.2 Å². The third-order valence-electron chi connectivity index (χ3n) is 5.04. The number of carbonyl (C=O) groups excluding carboxylic acids is 1. The van der Waals surface area contributed by atoms with Gasteiger partial charge in [-0.05, 0) is 56.8 Å². The molecule has 2 amide bonds. The molecule has 0 bridgehead atoms. The van der Waals surface area contributed by atoms with E-state index in [1.807, 2.05) is 21.1 Å². The molecule has 0 saturated carbocycles. The van der Waals surface area contributed by atoms with Crippen LogP contribution in [0.1, 0.15) is 32.3 Å². The molecule has 0 radical (unpaired) electrons. The minimum Gasteiger partial charge on any atom is -0.378 e. The highest BCUT2D eigenvalue weighted by atomic mass is 16.2. The maximum Gasteiger partial charge on any atom is 0.317 e. The van der Waals surface area contributed by atoms with Crippen molar-refractivity contribution in [1.29, 1.82) is 0 Å². The Labute approximate surface area is 153 Å². The number of nitrogens with zero attached hydrogens (tertiary/aromatic N) is 3. The van der Waals surface area contributed by atoms with Crippen LogP contribution in [0.5, 0.6) is 0 Å². The first kappa shape index (κ1) is 19.6. The number of hydrogen-bond acceptors (Lipinski definition) is 3. The van der Waals surface area contributed by atoms with Crippen molar-refractivity contribution >= 4 is 11.7 Å². The van der Waals surface area contributed by atoms with Gasteiger partial charge in [-0.2, -0.15) is 0 Å². The highest BCUT2D eigenvalue weighted by molar-refractivity contribution is 5.73. The average molecular weight is 347 g/mol. The number of carbonyl (C=O) groups is 1. The van der Waals surface area contributed by atoms with Crippen molar-refractivity contribution in [2.45, 2.75) is 39.3 Å². The van der Waals surface area contributed by atoms with E-state index in [1.165, 1.54) is 25.1 Å². The molecular formula is C20H34N4O. The van der Waals surface area contributed by atoms with E-state index in [0.29, 0.717) is 18.5 Å². The summed E-state index contributed by atoms with van der Waals surface area (Å²) in [5.41, 5.74) is 2.31. The summed E-state index contributed by atoms with van der Waals surface area (Å²) in [6.45, 7) is 8.17. The van der Waals surface area contributed by atoms with E-state index in [9.17, 15) is 4.79 Å². The molecule has 1 aliphatic heterocycles. The predicted molar refractivity (Wildman–Crippen MR) is 105 cm³/mol. The van der Waals surface area contributed by atoms with Crippen molar-refractivity contribution in [3.05, 3.63) is 29.8 Å². The van der Waals surface area contributed by atoms with E-state index >= 15 is 0 Å². The third kappa shape index (κ3) is 5.92. The lowest BCUT2D eigenvalue weighted by atomic mass is 9.97. The van der Waals surface area contributed by atoms with E-state index in [-0.39, 0.29) is 6.03 Å². The summed E-state index contributed by atoms with van der Waals surface area (Å²) in [5.74, 6) is 0.563. The van der Waals surface area contributed by atoms with Crippen molar-refractivity contribution in [2.75, 3.05) is 45.7 Å². The van der Waals surface area contributed by atoms with Gasteiger partial charge < -0.3 is 20.0 Å². The molecule has 1 saturated heterocycles. The first-order valence-electron chi connectivity index (χ1n) is 9.36. The predicted octanol–water partition coefficient (Wildman–Crippen LogP) is 3.01. The summed E-state index contributed by atoms with van der Waals surface area (Å²) in [7, 11) is 5.91. The number of urea groups is 1. The Morgan fingerprint density at radius 3 is 2.52 bits per heavy atom. The third-order valence-corrected chi connectivity index (χ3v) is 5.04. The maximum atomic E-state index is 12.4. The number of likely N-dealkylation sites (tertiary alicyclic amines) is 1. The van der Waals surface area contributed by atoms with Gasteiger partial charge in [0.1, 0.15) is 0 Å². The van der Waals surface area contributed by atoms with Gasteiger partial charge >= 0.3 is 6.03 Å². The number of benzene rings is 1. The van der Waals surface area contributed by atoms with Crippen LogP contribution in [0.4, 0.5) is 10.5 Å². The van der Waals surface area contributed by atoms with Gasteiger partial charge in [0.15, 0.2) is 0 Å². The van der Waals surface area contributed by atoms with Crippen molar-refractivity contribution < 1.29 is 4.79 Å². The smallest absolute Gasteiger partial charge is 0.317 e. The molecule has 5 nitrogen and oxygen atoms in total. The molecule has 1 aliphatic rings. The van der Waals surface area contributed by atoms with Crippen LogP contribution in [0.25, 0.3) is 0 Å². The quantitative estimate of drug-likeness (QED) is 0.860. The molecule has 2 rings (SSSR count). The molecule has 5 heteroatoms. The molecule has 1 aromatic rings. The second-order valence-corrected chi connectivity index (χ2v) is 7.70. The Kier molecular flexibility index (Phi) is 7.12. The fourth-order valence-corrected chi connectivity index (χ4v) is 3.34. The molecular weight excluding hydrogens is 312 g/mol. The number of anilines is 1. The van der Waals surface area contributed by atoms with Crippen molar-refractivity contribution in [3.63, 3.8) is 0 Å². The van der Waals surface area contributed by atoms with E-state index in [4.69, 9.17) is 0 Å². The minimum atomic E-state index is 0.0124. The molecule has 140 valence electrons. The highest BCUT2D eigenvalue weighted by Gasteiger charge is 2.22. The van der Waals surface area contributed by atoms with Crippen LogP contribution in [-0.2, 0) is 6.54 Å². The van der Waals surface area contributed by atoms with Gasteiger partial charge in [0.25, 0.3) is 0 Å². The fraction of sp³-hybridized carbons (Fsp3) is 0.650. The number of piperidine rings is 1. The summed E-state index contributed by atoms with van der Waals surface area (Å²) >= 11 is 0. The standard InChI is InChI=1S/C20H34N4O/c1-16(2)24-12-6-7-18(15-24)13-21-20(25)23(5)14-17-8-10-19(11-9-17)22(3)4/h8-11,16,18H,6-7,12-15H2,1-5H3,(H,21,25). The zero-order chi connectivity index (χ0) is 18.4. The van der Waals surface area contributed by atoms with Gasteiger partial charge in [-0.15, -0.1) is 0 Å². The maximum absolute atomic E-state index is 12.4. The Morgan fingerprint density at radius 1 is 1.24 bits per heavy atom. The second-order valence-electron chi connectivity index (χ2n) is 7.70. The monoisotopic (exact) mass is 346 g/mol. The Bertz CT molecular complexity index is 541. The highest BCUT2D eigenvalue weighted by Crippen LogP contribution is 2.18. The minimum absolute atomic E-state index is 0.0124. The normalized spacial score (nSPS) is 18.2. The molecule has 0 spiro atoms. The van der Waals surface area contributed by atoms with Gasteiger partial charge in [-0.25, -0.2) is 4.79 Å². The van der Waals surface area contributed by atoms with Crippen molar-refractivity contribution in [3.8, 4) is 0 Å². The van der Waals surface area contributed by atoms with Gasteiger partial charge in [-0.3, -0.25) is 0 Å². The molecule has 1 unspecified atom stereocenters. The largest absolute Gasteiger partial charge is 0.378 e. The Balaban J connectivity index is 1.78. The molecule has 25 heavy (non-hydrogen) atoms. The van der Waals surface area contributed by atoms with Crippen LogP contribution in [-0.4, -0.2) is 62.7 Å². The summed E-state index contributed by atoms with van der Waals surface area (Å²) in [6, 6.07) is 8.94. The van der Waals surface area contributed by atoms with Crippen LogP contribution >= 0.6 is 0 Å². The van der Waals surface area contributed by atoms with E-state index in [0.717, 1.165) is 18.7 Å². The van der Waals surface area contributed by atoms with Gasteiger partial charge in [0.05, 0.1) is 0 Å². The second kappa shape index (κ2) is 9.09. The van der Waals surface area contributed by atoms with E-state index in [2.05, 4.69) is 53.2 Å². The molecule has 1 N–H and O–H groups in total. The van der Waals surface area contributed by atoms with Crippen LogP contribution in [0.15, 0.2) is 24.3 Å². The lowest BCUT2D eigenvalue weighted by Crippen LogP contribution is -2.45. The topological polar surface area (TPSA) is 38.8 Å². The Hall–Kier alpha value is -1.75. The number of amides is 2. The SMILES string of the molecule is CC(C)N1CCCC(CNC(=O)N(C)Cc2ccc(N(C)C)cc2)C1. The summed E-state index contributed by atoms with van der Waals surface area (Å²) in [4.78, 5) is 18.7. The average Bonchev–Trinajstić information content (AvgIpc) is 2.60. The van der Waals surface area contributed by atoms with E-state index in [1.54, 1.807) is 4.90 Å². The summed E-state index contributed by atoms with van der Waals surface area (Å²) in [6.07, 6.45) is 2.44. The number of hydrogen-bond donors (Lipinski definition) is 1. The first-order chi connectivity index (χ1) is 11.9. The first-order valence-corrected chi connectivity index (χ1v) is 9.36. The van der Waals surface area contributed by atoms with Crippen LogP contribution in [0, 0.1) is 5.92 Å². The van der Waals surface area contributed by atoms with Crippen LogP contribution in [0.3, 0.4) is 0 Å². The summed E-state index contributed by atoms with van der Waals surface area (Å²) < 4.78 is 0. The van der Waals surface area contributed by atoms with Crippen LogP contribution in [0.2, 0.25) is 0 Å². The lowest BCUT2D eigenvalue weighted by molar-refractivity contribution is 0.137. The molecule has 1 aromatic carbocycles. The lowest BCUT2D eigenvalue weighted by Gasteiger charge is -2.35. The molecule has 0 aliphatic carbocycles. The van der Waals surface area contributed by atoms with Gasteiger partial charge in [-0.1, -0.05) is 12.1 Å². The van der Waals surface area contributed by atoms with Crippen molar-refractivity contribution in [2.24, 2.45) is 5.92 Å². The fourth-order valence-electron chi connectivity index (χ4n) is 3.34. The molecule has 1 atom stereocenters. The van der Waals surface area contributed by atoms with E-state index < -0.39 is 0 Å². The molecule has 1 fully saturated rings. The van der Waals surface area contributed by atoms with Crippen molar-refractivity contribution in [1.82, 2.24) is 15.1 Å². The Morgan fingerprint density at radius 2 is 1.92 bits per heavy atom. The van der Waals surface area contributed by atoms with Gasteiger partial charge in [0.2, 0.25) is 0 Å². The number of rotatable bonds is 6. The molecule has 1 heterocycles. The number of nitrogens with one attached hydrogen (secondary N) is 1. The zero-order valence-corrected chi connectivity index (χ0v) is 16.5. The summed E-state index contributed by atoms with van der Waals surface area (Å²) in [5, 5.41) is 3.11. The van der Waals surface area contributed by atoms with Gasteiger partial charge in [0, 0.05) is 52.5 Å².